The minimum atomic E-state index is 0.562. The second-order valence-electron chi connectivity index (χ2n) is 4.97. The third-order valence-electron chi connectivity index (χ3n) is 3.57. The maximum absolute atomic E-state index is 6.07. The summed E-state index contributed by atoms with van der Waals surface area (Å²) in [7, 11) is 1.60. The van der Waals surface area contributed by atoms with Gasteiger partial charge in [-0.05, 0) is 30.3 Å². The lowest BCUT2D eigenvalue weighted by Gasteiger charge is -2.10. The summed E-state index contributed by atoms with van der Waals surface area (Å²) in [6.45, 7) is 0. The Kier molecular flexibility index (Phi) is 3.28. The highest BCUT2D eigenvalue weighted by Gasteiger charge is 2.14. The molecule has 0 bridgehead atoms. The SMILES string of the molecule is COc1ccc(Cl)cc1Nc1ncnc2c1oc1ccccc12. The van der Waals surface area contributed by atoms with E-state index in [2.05, 4.69) is 15.3 Å². The first kappa shape index (κ1) is 13.8. The number of furan rings is 1. The van der Waals surface area contributed by atoms with Crippen molar-refractivity contribution >= 4 is 45.2 Å². The molecule has 0 atom stereocenters. The van der Waals surface area contributed by atoms with Crippen LogP contribution in [0.1, 0.15) is 0 Å². The second-order valence-corrected chi connectivity index (χ2v) is 5.40. The molecule has 0 radical (unpaired) electrons. The summed E-state index contributed by atoms with van der Waals surface area (Å²) in [6.07, 6.45) is 1.50. The first-order chi connectivity index (χ1) is 11.3. The summed E-state index contributed by atoms with van der Waals surface area (Å²) in [5, 5.41) is 4.76. The molecule has 23 heavy (non-hydrogen) atoms. The van der Waals surface area contributed by atoms with Gasteiger partial charge in [-0.15, -0.1) is 0 Å². The third kappa shape index (κ3) is 2.35. The fourth-order valence-electron chi connectivity index (χ4n) is 2.52. The molecule has 0 amide bonds. The van der Waals surface area contributed by atoms with E-state index in [-0.39, 0.29) is 0 Å². The van der Waals surface area contributed by atoms with Gasteiger partial charge in [0.25, 0.3) is 0 Å². The molecule has 0 fully saturated rings. The number of rotatable bonds is 3. The topological polar surface area (TPSA) is 60.2 Å². The molecule has 0 aliphatic rings. The molecule has 5 nitrogen and oxygen atoms in total. The zero-order chi connectivity index (χ0) is 15.8. The number of fused-ring (bicyclic) bond motifs is 3. The molecule has 0 unspecified atom stereocenters. The van der Waals surface area contributed by atoms with Gasteiger partial charge in [-0.25, -0.2) is 9.97 Å². The van der Waals surface area contributed by atoms with E-state index in [9.17, 15) is 0 Å². The zero-order valence-electron chi connectivity index (χ0n) is 12.2. The molecule has 6 heteroatoms. The Morgan fingerprint density at radius 3 is 2.87 bits per heavy atom. The molecule has 2 aromatic heterocycles. The lowest BCUT2D eigenvalue weighted by molar-refractivity contribution is 0.417. The summed E-state index contributed by atoms with van der Waals surface area (Å²) in [6, 6.07) is 13.1. The lowest BCUT2D eigenvalue weighted by atomic mass is 10.2. The van der Waals surface area contributed by atoms with Crippen LogP contribution in [0.25, 0.3) is 22.1 Å². The van der Waals surface area contributed by atoms with Gasteiger partial charge in [0.1, 0.15) is 23.2 Å². The molecule has 4 rings (SSSR count). The molecule has 1 N–H and O–H groups in total. The summed E-state index contributed by atoms with van der Waals surface area (Å²) in [5.41, 5.74) is 2.83. The highest BCUT2D eigenvalue weighted by molar-refractivity contribution is 6.31. The molecule has 0 saturated carbocycles. The minimum absolute atomic E-state index is 0.562. The van der Waals surface area contributed by atoms with Crippen molar-refractivity contribution in [3.8, 4) is 5.75 Å². The number of halogens is 1. The van der Waals surface area contributed by atoms with Crippen LogP contribution in [0.3, 0.4) is 0 Å². The molecular weight excluding hydrogens is 314 g/mol. The van der Waals surface area contributed by atoms with Gasteiger partial charge >= 0.3 is 0 Å². The van der Waals surface area contributed by atoms with Crippen molar-refractivity contribution in [1.82, 2.24) is 9.97 Å². The first-order valence-corrected chi connectivity index (χ1v) is 7.37. The fourth-order valence-corrected chi connectivity index (χ4v) is 2.69. The third-order valence-corrected chi connectivity index (χ3v) is 3.81. The van der Waals surface area contributed by atoms with Crippen molar-refractivity contribution < 1.29 is 9.15 Å². The number of nitrogens with zero attached hydrogens (tertiary/aromatic N) is 2. The van der Waals surface area contributed by atoms with Gasteiger partial charge in [-0.2, -0.15) is 0 Å². The van der Waals surface area contributed by atoms with Crippen LogP contribution in [-0.2, 0) is 0 Å². The number of ether oxygens (including phenoxy) is 1. The van der Waals surface area contributed by atoms with Gasteiger partial charge in [0.15, 0.2) is 11.4 Å². The Morgan fingerprint density at radius 2 is 2.00 bits per heavy atom. The van der Waals surface area contributed by atoms with Crippen molar-refractivity contribution in [3.63, 3.8) is 0 Å². The van der Waals surface area contributed by atoms with Gasteiger partial charge in [-0.3, -0.25) is 0 Å². The maximum atomic E-state index is 6.07. The van der Waals surface area contributed by atoms with Crippen LogP contribution in [0, 0.1) is 0 Å². The van der Waals surface area contributed by atoms with Crippen molar-refractivity contribution in [2.45, 2.75) is 0 Å². The lowest BCUT2D eigenvalue weighted by Crippen LogP contribution is -1.97. The number of hydrogen-bond acceptors (Lipinski definition) is 5. The average molecular weight is 326 g/mol. The van der Waals surface area contributed by atoms with Crippen LogP contribution in [0.5, 0.6) is 5.75 Å². The molecular formula is C17H12ClN3O2. The number of anilines is 2. The van der Waals surface area contributed by atoms with Gasteiger partial charge < -0.3 is 14.5 Å². The predicted octanol–water partition coefficient (Wildman–Crippen LogP) is 4.78. The monoisotopic (exact) mass is 325 g/mol. The van der Waals surface area contributed by atoms with Crippen molar-refractivity contribution in [3.05, 3.63) is 53.8 Å². The number of hydrogen-bond donors (Lipinski definition) is 1. The van der Waals surface area contributed by atoms with Gasteiger partial charge in [0, 0.05) is 10.4 Å². The first-order valence-electron chi connectivity index (χ1n) is 6.99. The van der Waals surface area contributed by atoms with Gasteiger partial charge in [0.2, 0.25) is 0 Å². The maximum Gasteiger partial charge on any atom is 0.196 e. The standard InChI is InChI=1S/C17H12ClN3O2/c1-22-14-7-6-10(18)8-12(14)21-17-16-15(19-9-20-17)11-4-2-3-5-13(11)23-16/h2-9H,1H3,(H,19,20,21). The Balaban J connectivity index is 1.88. The van der Waals surface area contributed by atoms with E-state index in [1.807, 2.05) is 24.3 Å². The normalized spacial score (nSPS) is 11.0. The highest BCUT2D eigenvalue weighted by Crippen LogP contribution is 2.35. The smallest absolute Gasteiger partial charge is 0.196 e. The predicted molar refractivity (Wildman–Crippen MR) is 90.6 cm³/mol. The molecule has 0 aliphatic heterocycles. The Hall–Kier alpha value is -2.79. The summed E-state index contributed by atoms with van der Waals surface area (Å²) in [5.74, 6) is 1.23. The quantitative estimate of drug-likeness (QED) is 0.587. The fraction of sp³-hybridized carbons (Fsp3) is 0.0588. The van der Waals surface area contributed by atoms with E-state index in [0.717, 1.165) is 16.5 Å². The van der Waals surface area contributed by atoms with Gasteiger partial charge in [-0.1, -0.05) is 23.7 Å². The van der Waals surface area contributed by atoms with Crippen LogP contribution in [0.2, 0.25) is 5.02 Å². The summed E-state index contributed by atoms with van der Waals surface area (Å²) in [4.78, 5) is 8.62. The highest BCUT2D eigenvalue weighted by atomic mass is 35.5. The van der Waals surface area contributed by atoms with Crippen LogP contribution in [-0.4, -0.2) is 17.1 Å². The molecule has 2 aromatic carbocycles. The van der Waals surface area contributed by atoms with Crippen LogP contribution >= 0.6 is 11.6 Å². The van der Waals surface area contributed by atoms with Crippen molar-refractivity contribution in [2.75, 3.05) is 12.4 Å². The van der Waals surface area contributed by atoms with E-state index in [1.54, 1.807) is 25.3 Å². The average Bonchev–Trinajstić information content (AvgIpc) is 2.95. The van der Waals surface area contributed by atoms with Crippen molar-refractivity contribution in [1.29, 1.82) is 0 Å². The number of benzene rings is 2. The molecule has 0 aliphatic carbocycles. The van der Waals surface area contributed by atoms with Crippen LogP contribution in [0.15, 0.2) is 53.2 Å². The molecule has 2 heterocycles. The number of nitrogens with one attached hydrogen (secondary N) is 1. The van der Waals surface area contributed by atoms with E-state index in [0.29, 0.717) is 27.9 Å². The largest absolute Gasteiger partial charge is 0.495 e. The second kappa shape index (κ2) is 5.44. The Morgan fingerprint density at radius 1 is 1.13 bits per heavy atom. The minimum Gasteiger partial charge on any atom is -0.495 e. The summed E-state index contributed by atoms with van der Waals surface area (Å²) < 4.78 is 11.2. The van der Waals surface area contributed by atoms with E-state index in [1.165, 1.54) is 6.33 Å². The molecule has 4 aromatic rings. The Labute approximate surface area is 136 Å². The van der Waals surface area contributed by atoms with Crippen LogP contribution in [0.4, 0.5) is 11.5 Å². The number of aromatic nitrogens is 2. The molecule has 0 saturated heterocycles. The summed E-state index contributed by atoms with van der Waals surface area (Å²) >= 11 is 6.07. The molecule has 114 valence electrons. The molecule has 0 spiro atoms. The number of para-hydroxylation sites is 1. The van der Waals surface area contributed by atoms with Crippen molar-refractivity contribution in [2.24, 2.45) is 0 Å². The van der Waals surface area contributed by atoms with E-state index >= 15 is 0 Å². The van der Waals surface area contributed by atoms with E-state index < -0.39 is 0 Å². The Bertz CT molecular complexity index is 1010. The van der Waals surface area contributed by atoms with E-state index in [4.69, 9.17) is 20.8 Å². The zero-order valence-corrected chi connectivity index (χ0v) is 13.0. The van der Waals surface area contributed by atoms with Crippen LogP contribution < -0.4 is 10.1 Å². The number of methoxy groups -OCH3 is 1. The van der Waals surface area contributed by atoms with Gasteiger partial charge in [0.05, 0.1) is 12.8 Å².